The molecule has 0 heterocycles. The molecule has 0 N–H and O–H groups in total. The van der Waals surface area contributed by atoms with Crippen molar-refractivity contribution in [3.63, 3.8) is 0 Å². The number of allylic oxidation sites excluding steroid dienone is 3. The van der Waals surface area contributed by atoms with E-state index in [0.29, 0.717) is 26.6 Å². The molecule has 0 amide bonds. The van der Waals surface area contributed by atoms with E-state index < -0.39 is 0 Å². The molecule has 17 heavy (non-hydrogen) atoms. The van der Waals surface area contributed by atoms with Crippen molar-refractivity contribution >= 4 is 0 Å². The molecule has 0 aromatic rings. The van der Waals surface area contributed by atoms with Crippen LogP contribution in [-0.4, -0.2) is 33.7 Å². The first kappa shape index (κ1) is 16.4. The lowest BCUT2D eigenvalue weighted by Crippen LogP contribution is -2.05. The van der Waals surface area contributed by atoms with Crippen LogP contribution in [0.15, 0.2) is 23.3 Å². The van der Waals surface area contributed by atoms with Crippen LogP contribution in [0.1, 0.15) is 33.6 Å². The molecule has 0 spiro atoms. The van der Waals surface area contributed by atoms with E-state index >= 15 is 0 Å². The van der Waals surface area contributed by atoms with Gasteiger partial charge in [0.15, 0.2) is 0 Å². The van der Waals surface area contributed by atoms with Gasteiger partial charge in [0.25, 0.3) is 0 Å². The molecule has 0 rings (SSSR count). The summed E-state index contributed by atoms with van der Waals surface area (Å²) in [7, 11) is 1.66. The van der Waals surface area contributed by atoms with E-state index in [2.05, 4.69) is 32.9 Å². The maximum absolute atomic E-state index is 5.31. The Morgan fingerprint density at radius 3 is 2.41 bits per heavy atom. The first-order chi connectivity index (χ1) is 8.16. The Labute approximate surface area is 105 Å². The van der Waals surface area contributed by atoms with Crippen molar-refractivity contribution in [3.8, 4) is 0 Å². The Kier molecular flexibility index (Phi) is 11.4. The van der Waals surface area contributed by atoms with Crippen molar-refractivity contribution < 1.29 is 14.2 Å². The van der Waals surface area contributed by atoms with Crippen molar-refractivity contribution in [2.24, 2.45) is 0 Å². The molecule has 0 aromatic carbocycles. The highest BCUT2D eigenvalue weighted by Crippen LogP contribution is 2.06. The summed E-state index contributed by atoms with van der Waals surface area (Å²) in [5.41, 5.74) is 2.74. The topological polar surface area (TPSA) is 27.7 Å². The van der Waals surface area contributed by atoms with Crippen LogP contribution in [0.2, 0.25) is 0 Å². The van der Waals surface area contributed by atoms with Crippen LogP contribution in [0.4, 0.5) is 0 Å². The third-order valence-corrected chi connectivity index (χ3v) is 2.24. The first-order valence-corrected chi connectivity index (χ1v) is 6.10. The third-order valence-electron chi connectivity index (χ3n) is 2.24. The molecule has 0 unspecified atom stereocenters. The fourth-order valence-electron chi connectivity index (χ4n) is 1.20. The van der Waals surface area contributed by atoms with Crippen molar-refractivity contribution in [3.05, 3.63) is 23.3 Å². The standard InChI is InChI=1S/C14H26O3/c1-13(2)6-5-7-14(3)8-9-16-12-17-11-10-15-4/h6,8H,5,7,9-12H2,1-4H3. The summed E-state index contributed by atoms with van der Waals surface area (Å²) in [4.78, 5) is 0. The molecule has 0 aliphatic heterocycles. The number of ether oxygens (including phenoxy) is 3. The molecule has 0 saturated heterocycles. The number of hydrogen-bond acceptors (Lipinski definition) is 3. The first-order valence-electron chi connectivity index (χ1n) is 6.10. The Morgan fingerprint density at radius 2 is 1.76 bits per heavy atom. The molecule has 0 atom stereocenters. The van der Waals surface area contributed by atoms with Crippen LogP contribution in [0.25, 0.3) is 0 Å². The molecule has 0 aromatic heterocycles. The van der Waals surface area contributed by atoms with E-state index in [-0.39, 0.29) is 0 Å². The largest absolute Gasteiger partial charge is 0.382 e. The lowest BCUT2D eigenvalue weighted by molar-refractivity contribution is -0.0572. The van der Waals surface area contributed by atoms with E-state index in [0.717, 1.165) is 12.8 Å². The van der Waals surface area contributed by atoms with Crippen molar-refractivity contribution in [2.75, 3.05) is 33.7 Å². The van der Waals surface area contributed by atoms with Crippen LogP contribution in [0, 0.1) is 0 Å². The van der Waals surface area contributed by atoms with Crippen molar-refractivity contribution in [2.45, 2.75) is 33.6 Å². The van der Waals surface area contributed by atoms with Gasteiger partial charge in [-0.2, -0.15) is 0 Å². The lowest BCUT2D eigenvalue weighted by atomic mass is 10.1. The molecule has 100 valence electrons. The average Bonchev–Trinajstić information content (AvgIpc) is 2.27. The maximum atomic E-state index is 5.31. The van der Waals surface area contributed by atoms with Gasteiger partial charge in [0.2, 0.25) is 0 Å². The molecule has 0 bridgehead atoms. The Morgan fingerprint density at radius 1 is 1.00 bits per heavy atom. The molecule has 0 saturated carbocycles. The molecular formula is C14H26O3. The zero-order valence-corrected chi connectivity index (χ0v) is 11.6. The van der Waals surface area contributed by atoms with E-state index in [1.165, 1.54) is 11.1 Å². The van der Waals surface area contributed by atoms with E-state index in [1.54, 1.807) is 7.11 Å². The fourth-order valence-corrected chi connectivity index (χ4v) is 1.20. The average molecular weight is 242 g/mol. The van der Waals surface area contributed by atoms with Crippen LogP contribution in [0.3, 0.4) is 0 Å². The van der Waals surface area contributed by atoms with Crippen molar-refractivity contribution in [1.29, 1.82) is 0 Å². The number of hydrogen-bond donors (Lipinski definition) is 0. The summed E-state index contributed by atoms with van der Waals surface area (Å²) in [6.07, 6.45) is 6.57. The maximum Gasteiger partial charge on any atom is 0.147 e. The molecule has 3 heteroatoms. The minimum Gasteiger partial charge on any atom is -0.382 e. The van der Waals surface area contributed by atoms with E-state index in [9.17, 15) is 0 Å². The van der Waals surface area contributed by atoms with Crippen LogP contribution < -0.4 is 0 Å². The molecule has 0 fully saturated rings. The fraction of sp³-hybridized carbons (Fsp3) is 0.714. The summed E-state index contributed by atoms with van der Waals surface area (Å²) in [6, 6.07) is 0. The second-order valence-corrected chi connectivity index (χ2v) is 4.26. The molecule has 0 radical (unpaired) electrons. The quantitative estimate of drug-likeness (QED) is 0.334. The van der Waals surface area contributed by atoms with Crippen molar-refractivity contribution in [1.82, 2.24) is 0 Å². The highest BCUT2D eigenvalue weighted by Gasteiger charge is 1.90. The summed E-state index contributed by atoms with van der Waals surface area (Å²) in [5, 5.41) is 0. The lowest BCUT2D eigenvalue weighted by Gasteiger charge is -2.04. The Bertz CT molecular complexity index is 228. The van der Waals surface area contributed by atoms with Gasteiger partial charge in [-0.1, -0.05) is 23.3 Å². The Balaban J connectivity index is 3.40. The predicted octanol–water partition coefficient (Wildman–Crippen LogP) is 3.32. The van der Waals surface area contributed by atoms with Gasteiger partial charge in [0, 0.05) is 7.11 Å². The summed E-state index contributed by atoms with van der Waals surface area (Å²) >= 11 is 0. The van der Waals surface area contributed by atoms with Gasteiger partial charge in [-0.15, -0.1) is 0 Å². The van der Waals surface area contributed by atoms with Gasteiger partial charge in [-0.25, -0.2) is 0 Å². The van der Waals surface area contributed by atoms with Gasteiger partial charge in [0.1, 0.15) is 6.79 Å². The second-order valence-electron chi connectivity index (χ2n) is 4.26. The summed E-state index contributed by atoms with van der Waals surface area (Å²) in [5.74, 6) is 0. The third kappa shape index (κ3) is 13.3. The van der Waals surface area contributed by atoms with Gasteiger partial charge in [0.05, 0.1) is 19.8 Å². The summed E-state index contributed by atoms with van der Waals surface area (Å²) in [6.45, 7) is 8.53. The van der Waals surface area contributed by atoms with E-state index in [1.807, 2.05) is 0 Å². The van der Waals surface area contributed by atoms with Gasteiger partial charge in [-0.3, -0.25) is 0 Å². The zero-order valence-electron chi connectivity index (χ0n) is 11.6. The number of methoxy groups -OCH3 is 1. The molecular weight excluding hydrogens is 216 g/mol. The minimum absolute atomic E-state index is 0.334. The van der Waals surface area contributed by atoms with Gasteiger partial charge >= 0.3 is 0 Å². The molecule has 0 aliphatic rings. The zero-order chi connectivity index (χ0) is 12.9. The summed E-state index contributed by atoms with van der Waals surface area (Å²) < 4.78 is 15.3. The molecule has 3 nitrogen and oxygen atoms in total. The van der Waals surface area contributed by atoms with Crippen LogP contribution >= 0.6 is 0 Å². The van der Waals surface area contributed by atoms with Gasteiger partial charge < -0.3 is 14.2 Å². The van der Waals surface area contributed by atoms with Crippen LogP contribution in [0.5, 0.6) is 0 Å². The van der Waals surface area contributed by atoms with E-state index in [4.69, 9.17) is 14.2 Å². The van der Waals surface area contributed by atoms with Crippen LogP contribution in [-0.2, 0) is 14.2 Å². The number of rotatable bonds is 10. The normalized spacial score (nSPS) is 11.6. The minimum atomic E-state index is 0.334. The smallest absolute Gasteiger partial charge is 0.147 e. The van der Waals surface area contributed by atoms with Gasteiger partial charge in [-0.05, 0) is 33.6 Å². The molecule has 0 aliphatic carbocycles. The SMILES string of the molecule is COCCOCOCC=C(C)CCC=C(C)C. The monoisotopic (exact) mass is 242 g/mol. The highest BCUT2D eigenvalue weighted by atomic mass is 16.7. The Hall–Kier alpha value is -0.640. The predicted molar refractivity (Wildman–Crippen MR) is 71.1 cm³/mol. The second kappa shape index (κ2) is 11.8. The highest BCUT2D eigenvalue weighted by molar-refractivity contribution is 5.02.